The molecule has 0 amide bonds. The van der Waals surface area contributed by atoms with E-state index in [4.69, 9.17) is 5.26 Å². The maximum absolute atomic E-state index is 8.39. The molecule has 0 saturated heterocycles. The van der Waals surface area contributed by atoms with E-state index in [1.165, 1.54) is 0 Å². The van der Waals surface area contributed by atoms with Crippen molar-refractivity contribution in [3.63, 3.8) is 0 Å². The van der Waals surface area contributed by atoms with Crippen LogP contribution in [0.2, 0.25) is 0 Å². The molecule has 0 N–H and O–H groups in total. The van der Waals surface area contributed by atoms with Gasteiger partial charge in [0, 0.05) is 0 Å². The molecule has 38 valence electrons. The van der Waals surface area contributed by atoms with Gasteiger partial charge in [0.25, 0.3) is 0 Å². The molecule has 0 spiro atoms. The Balaban J connectivity index is 2.57. The quantitative estimate of drug-likeness (QED) is 0.448. The van der Waals surface area contributed by atoms with Crippen LogP contribution in [0.25, 0.3) is 0 Å². The highest BCUT2D eigenvalue weighted by Gasteiger charge is 2.46. The zero-order valence-corrected chi connectivity index (χ0v) is 4.73. The SMILES string of the molecule is C[C@@H]1CC1(C)C#N. The first kappa shape index (κ1) is 4.64. The van der Waals surface area contributed by atoms with E-state index in [2.05, 4.69) is 13.0 Å². The average molecular weight is 95.1 g/mol. The molecule has 1 nitrogen and oxygen atoms in total. The highest BCUT2D eigenvalue weighted by Crippen LogP contribution is 2.50. The van der Waals surface area contributed by atoms with Crippen molar-refractivity contribution in [1.82, 2.24) is 0 Å². The molecular weight excluding hydrogens is 86.1 g/mol. The maximum Gasteiger partial charge on any atom is 0.0689 e. The fourth-order valence-electron chi connectivity index (χ4n) is 0.733. The smallest absolute Gasteiger partial charge is 0.0689 e. The Bertz CT molecular complexity index is 123. The van der Waals surface area contributed by atoms with Gasteiger partial charge in [0.2, 0.25) is 0 Å². The number of nitriles is 1. The third kappa shape index (κ3) is 0.507. The number of rotatable bonds is 0. The largest absolute Gasteiger partial charge is 0.198 e. The summed E-state index contributed by atoms with van der Waals surface area (Å²) < 4.78 is 0. The van der Waals surface area contributed by atoms with Crippen LogP contribution >= 0.6 is 0 Å². The Morgan fingerprint density at radius 2 is 2.29 bits per heavy atom. The van der Waals surface area contributed by atoms with Crippen molar-refractivity contribution in [2.24, 2.45) is 11.3 Å². The van der Waals surface area contributed by atoms with Crippen LogP contribution < -0.4 is 0 Å². The van der Waals surface area contributed by atoms with Crippen LogP contribution in [0.15, 0.2) is 0 Å². The van der Waals surface area contributed by atoms with E-state index in [9.17, 15) is 0 Å². The topological polar surface area (TPSA) is 23.8 Å². The van der Waals surface area contributed by atoms with Gasteiger partial charge >= 0.3 is 0 Å². The summed E-state index contributed by atoms with van der Waals surface area (Å²) in [5.74, 6) is 0.650. The van der Waals surface area contributed by atoms with Crippen molar-refractivity contribution in [2.75, 3.05) is 0 Å². The molecule has 0 bridgehead atoms. The standard InChI is InChI=1S/C6H9N/c1-5-3-6(5,2)4-7/h5H,3H2,1-2H3/t5-,6?/m1/s1. The summed E-state index contributed by atoms with van der Waals surface area (Å²) in [6.45, 7) is 4.13. The molecule has 1 heteroatoms. The molecule has 1 aliphatic rings. The van der Waals surface area contributed by atoms with E-state index in [-0.39, 0.29) is 5.41 Å². The summed E-state index contributed by atoms with van der Waals surface area (Å²) in [5.41, 5.74) is 0.0556. The Hall–Kier alpha value is -0.510. The van der Waals surface area contributed by atoms with Crippen molar-refractivity contribution < 1.29 is 0 Å². The van der Waals surface area contributed by atoms with E-state index < -0.39 is 0 Å². The van der Waals surface area contributed by atoms with Crippen LogP contribution in [-0.2, 0) is 0 Å². The lowest BCUT2D eigenvalue weighted by Crippen LogP contribution is -1.87. The second-order valence-electron chi connectivity index (χ2n) is 2.63. The van der Waals surface area contributed by atoms with Crippen molar-refractivity contribution in [2.45, 2.75) is 20.3 Å². The van der Waals surface area contributed by atoms with Crippen molar-refractivity contribution >= 4 is 0 Å². The summed E-state index contributed by atoms with van der Waals surface area (Å²) in [6, 6.07) is 2.27. The van der Waals surface area contributed by atoms with Crippen molar-refractivity contribution in [1.29, 1.82) is 5.26 Å². The molecule has 1 unspecified atom stereocenters. The van der Waals surface area contributed by atoms with Gasteiger partial charge < -0.3 is 0 Å². The molecule has 0 aliphatic heterocycles. The fraction of sp³-hybridized carbons (Fsp3) is 0.833. The highest BCUT2D eigenvalue weighted by molar-refractivity contribution is 5.11. The second kappa shape index (κ2) is 1.01. The number of hydrogen-bond donors (Lipinski definition) is 0. The van der Waals surface area contributed by atoms with Crippen LogP contribution in [0.5, 0.6) is 0 Å². The predicted octanol–water partition coefficient (Wildman–Crippen LogP) is 1.56. The van der Waals surface area contributed by atoms with Crippen LogP contribution in [0.4, 0.5) is 0 Å². The average Bonchev–Trinajstić information content (AvgIpc) is 2.18. The van der Waals surface area contributed by atoms with Gasteiger partial charge in [-0.1, -0.05) is 6.92 Å². The van der Waals surface area contributed by atoms with Crippen molar-refractivity contribution in [3.8, 4) is 6.07 Å². The normalized spacial score (nSPS) is 47.9. The molecule has 2 atom stereocenters. The summed E-state index contributed by atoms with van der Waals surface area (Å²) >= 11 is 0. The Labute approximate surface area is 44.0 Å². The van der Waals surface area contributed by atoms with Crippen LogP contribution in [0.1, 0.15) is 20.3 Å². The first-order chi connectivity index (χ1) is 3.19. The van der Waals surface area contributed by atoms with Crippen LogP contribution in [0, 0.1) is 22.7 Å². The number of nitrogens with zero attached hydrogens (tertiary/aromatic N) is 1. The van der Waals surface area contributed by atoms with Crippen molar-refractivity contribution in [3.05, 3.63) is 0 Å². The molecule has 1 rings (SSSR count). The lowest BCUT2D eigenvalue weighted by atomic mass is 10.1. The monoisotopic (exact) mass is 95.1 g/mol. The highest BCUT2D eigenvalue weighted by atomic mass is 14.5. The minimum absolute atomic E-state index is 0.0556. The Kier molecular flexibility index (Phi) is 0.667. The van der Waals surface area contributed by atoms with Gasteiger partial charge in [0.1, 0.15) is 0 Å². The summed E-state index contributed by atoms with van der Waals surface area (Å²) in [6.07, 6.45) is 1.10. The molecule has 1 aliphatic carbocycles. The Morgan fingerprint density at radius 1 is 1.86 bits per heavy atom. The van der Waals surface area contributed by atoms with E-state index in [1.807, 2.05) is 6.92 Å². The lowest BCUT2D eigenvalue weighted by Gasteiger charge is -1.88. The van der Waals surface area contributed by atoms with Gasteiger partial charge in [0.15, 0.2) is 0 Å². The minimum Gasteiger partial charge on any atom is -0.198 e. The van der Waals surface area contributed by atoms with E-state index in [0.717, 1.165) is 6.42 Å². The molecule has 1 fully saturated rings. The predicted molar refractivity (Wildman–Crippen MR) is 27.5 cm³/mol. The van der Waals surface area contributed by atoms with E-state index >= 15 is 0 Å². The van der Waals surface area contributed by atoms with Gasteiger partial charge in [-0.3, -0.25) is 0 Å². The molecule has 0 heterocycles. The van der Waals surface area contributed by atoms with Gasteiger partial charge in [-0.15, -0.1) is 0 Å². The van der Waals surface area contributed by atoms with Crippen LogP contribution in [0.3, 0.4) is 0 Å². The summed E-state index contributed by atoms with van der Waals surface area (Å²) in [4.78, 5) is 0. The molecule has 0 aromatic heterocycles. The molecule has 1 saturated carbocycles. The van der Waals surface area contributed by atoms with Gasteiger partial charge in [-0.05, 0) is 19.3 Å². The molecule has 7 heavy (non-hydrogen) atoms. The zero-order chi connectivity index (χ0) is 5.49. The van der Waals surface area contributed by atoms with Gasteiger partial charge in [-0.25, -0.2) is 0 Å². The fourth-order valence-corrected chi connectivity index (χ4v) is 0.733. The molecule has 0 aromatic carbocycles. The van der Waals surface area contributed by atoms with Gasteiger partial charge in [-0.2, -0.15) is 5.26 Å². The molecular formula is C6H9N. The third-order valence-electron chi connectivity index (χ3n) is 1.91. The first-order valence-electron chi connectivity index (χ1n) is 2.60. The summed E-state index contributed by atoms with van der Waals surface area (Å²) in [5, 5.41) is 8.39. The third-order valence-corrected chi connectivity index (χ3v) is 1.91. The zero-order valence-electron chi connectivity index (χ0n) is 4.73. The molecule has 0 radical (unpaired) electrons. The lowest BCUT2D eigenvalue weighted by molar-refractivity contribution is 0.680. The van der Waals surface area contributed by atoms with E-state index in [1.54, 1.807) is 0 Å². The minimum atomic E-state index is 0.0556. The second-order valence-corrected chi connectivity index (χ2v) is 2.63. The van der Waals surface area contributed by atoms with E-state index in [0.29, 0.717) is 5.92 Å². The van der Waals surface area contributed by atoms with Crippen LogP contribution in [-0.4, -0.2) is 0 Å². The molecule has 0 aromatic rings. The number of hydrogen-bond acceptors (Lipinski definition) is 1. The Morgan fingerprint density at radius 3 is 2.29 bits per heavy atom. The summed E-state index contributed by atoms with van der Waals surface area (Å²) in [7, 11) is 0. The first-order valence-corrected chi connectivity index (χ1v) is 2.60. The maximum atomic E-state index is 8.39. The van der Waals surface area contributed by atoms with Gasteiger partial charge in [0.05, 0.1) is 11.5 Å².